The van der Waals surface area contributed by atoms with Crippen molar-refractivity contribution in [2.24, 2.45) is 0 Å². The third kappa shape index (κ3) is 5.36. The maximum Gasteiger partial charge on any atom is 0.418 e. The molecule has 1 N–H and O–H groups in total. The van der Waals surface area contributed by atoms with Gasteiger partial charge in [0.2, 0.25) is 0 Å². The normalized spacial score (nSPS) is 15.6. The molecule has 0 aromatic heterocycles. The lowest BCUT2D eigenvalue weighted by Gasteiger charge is -2.38. The first-order valence-electron chi connectivity index (χ1n) is 8.87. The Balaban J connectivity index is 2.40. The molecule has 0 radical (unpaired) electrons. The van der Waals surface area contributed by atoms with Gasteiger partial charge in [-0.3, -0.25) is 4.21 Å². The SMILES string of the molecule is COc1ccc(F)cc1C(C)(C)CC(O)(C[S@@](=O)c1ccc(C)cc1)C(F)(F)F. The van der Waals surface area contributed by atoms with E-state index < -0.39 is 46.0 Å². The summed E-state index contributed by atoms with van der Waals surface area (Å²) in [5.41, 5.74) is -3.52. The molecule has 2 aromatic rings. The van der Waals surface area contributed by atoms with E-state index in [1.165, 1.54) is 39.2 Å². The predicted octanol–water partition coefficient (Wildman–Crippen LogP) is 4.91. The summed E-state index contributed by atoms with van der Waals surface area (Å²) in [6.45, 7) is 4.71. The van der Waals surface area contributed by atoms with Crippen LogP contribution < -0.4 is 4.74 Å². The van der Waals surface area contributed by atoms with Crippen LogP contribution >= 0.6 is 0 Å². The van der Waals surface area contributed by atoms with E-state index >= 15 is 0 Å². The lowest BCUT2D eigenvalue weighted by molar-refractivity contribution is -0.257. The highest BCUT2D eigenvalue weighted by atomic mass is 32.2. The van der Waals surface area contributed by atoms with Gasteiger partial charge in [0.1, 0.15) is 11.6 Å². The first-order chi connectivity index (χ1) is 13.3. The van der Waals surface area contributed by atoms with E-state index in [1.807, 2.05) is 0 Å². The molecule has 3 nitrogen and oxygen atoms in total. The van der Waals surface area contributed by atoms with Crippen LogP contribution in [-0.2, 0) is 16.2 Å². The number of halogens is 4. The van der Waals surface area contributed by atoms with E-state index in [4.69, 9.17) is 4.74 Å². The largest absolute Gasteiger partial charge is 0.496 e. The summed E-state index contributed by atoms with van der Waals surface area (Å²) in [5, 5.41) is 10.6. The van der Waals surface area contributed by atoms with Crippen LogP contribution in [0.2, 0.25) is 0 Å². The van der Waals surface area contributed by atoms with Crippen LogP contribution in [-0.4, -0.2) is 34.0 Å². The zero-order valence-electron chi connectivity index (χ0n) is 16.6. The average Bonchev–Trinajstić information content (AvgIpc) is 2.60. The molecule has 2 atom stereocenters. The summed E-state index contributed by atoms with van der Waals surface area (Å²) >= 11 is 0. The predicted molar refractivity (Wildman–Crippen MR) is 104 cm³/mol. The number of hydrogen-bond donors (Lipinski definition) is 1. The Labute approximate surface area is 170 Å². The molecule has 0 bridgehead atoms. The van der Waals surface area contributed by atoms with E-state index in [1.54, 1.807) is 19.1 Å². The van der Waals surface area contributed by atoms with Crippen molar-refractivity contribution in [2.75, 3.05) is 12.9 Å². The first kappa shape index (κ1) is 23.3. The van der Waals surface area contributed by atoms with Crippen LogP contribution in [0.25, 0.3) is 0 Å². The molecule has 0 saturated carbocycles. The van der Waals surface area contributed by atoms with Crippen molar-refractivity contribution in [3.8, 4) is 5.75 Å². The van der Waals surface area contributed by atoms with Crippen LogP contribution in [0, 0.1) is 12.7 Å². The van der Waals surface area contributed by atoms with Gasteiger partial charge in [-0.25, -0.2) is 4.39 Å². The van der Waals surface area contributed by atoms with Gasteiger partial charge in [0, 0.05) is 10.5 Å². The van der Waals surface area contributed by atoms with Gasteiger partial charge in [-0.15, -0.1) is 0 Å². The molecule has 0 saturated heterocycles. The van der Waals surface area contributed by atoms with E-state index in [9.17, 15) is 26.9 Å². The van der Waals surface area contributed by atoms with Crippen LogP contribution in [0.3, 0.4) is 0 Å². The smallest absolute Gasteiger partial charge is 0.418 e. The molecule has 0 heterocycles. The van der Waals surface area contributed by atoms with Crippen molar-refractivity contribution in [1.82, 2.24) is 0 Å². The van der Waals surface area contributed by atoms with Gasteiger partial charge in [0.25, 0.3) is 0 Å². The highest BCUT2D eigenvalue weighted by Gasteiger charge is 2.57. The Morgan fingerprint density at radius 3 is 2.17 bits per heavy atom. The second kappa shape index (κ2) is 8.44. The fourth-order valence-corrected chi connectivity index (χ4v) is 4.56. The highest BCUT2D eigenvalue weighted by Crippen LogP contribution is 2.44. The molecule has 0 aliphatic heterocycles. The summed E-state index contributed by atoms with van der Waals surface area (Å²) in [5.74, 6) is -1.45. The zero-order valence-corrected chi connectivity index (χ0v) is 17.5. The topological polar surface area (TPSA) is 46.5 Å². The van der Waals surface area contributed by atoms with Crippen LogP contribution in [0.4, 0.5) is 17.6 Å². The number of benzene rings is 2. The standard InChI is InChI=1S/C21H24F4O3S/c1-14-5-8-16(9-6-14)29(27)13-20(26,21(23,24)25)12-19(2,3)17-11-15(22)7-10-18(17)28-4/h5-11,26H,12-13H2,1-4H3/t20?,29-/m1/s1. The molecule has 0 fully saturated rings. The van der Waals surface area contributed by atoms with Gasteiger partial charge in [-0.1, -0.05) is 31.5 Å². The van der Waals surface area contributed by atoms with Gasteiger partial charge in [0.05, 0.1) is 23.7 Å². The van der Waals surface area contributed by atoms with Crippen molar-refractivity contribution in [3.05, 3.63) is 59.4 Å². The van der Waals surface area contributed by atoms with Gasteiger partial charge in [-0.05, 0) is 49.1 Å². The summed E-state index contributed by atoms with van der Waals surface area (Å²) in [7, 11) is -0.757. The quantitative estimate of drug-likeness (QED) is 0.633. The summed E-state index contributed by atoms with van der Waals surface area (Å²) in [6.07, 6.45) is -5.86. The third-order valence-corrected chi connectivity index (χ3v) is 6.34. The van der Waals surface area contributed by atoms with E-state index in [-0.39, 0.29) is 16.2 Å². The summed E-state index contributed by atoms with van der Waals surface area (Å²) in [4.78, 5) is 0.194. The monoisotopic (exact) mass is 432 g/mol. The molecule has 0 amide bonds. The molecule has 160 valence electrons. The van der Waals surface area contributed by atoms with E-state index in [0.29, 0.717) is 0 Å². The number of ether oxygens (including phenoxy) is 1. The molecular formula is C21H24F4O3S. The molecule has 2 aromatic carbocycles. The minimum Gasteiger partial charge on any atom is -0.496 e. The average molecular weight is 432 g/mol. The minimum atomic E-state index is -5.04. The second-order valence-corrected chi connectivity index (χ2v) is 9.19. The minimum absolute atomic E-state index is 0.184. The summed E-state index contributed by atoms with van der Waals surface area (Å²) < 4.78 is 73.1. The fraction of sp³-hybridized carbons (Fsp3) is 0.429. The molecule has 2 rings (SSSR count). The zero-order chi connectivity index (χ0) is 22.0. The lowest BCUT2D eigenvalue weighted by Crippen LogP contribution is -2.53. The number of rotatable bonds is 7. The van der Waals surface area contributed by atoms with Gasteiger partial charge >= 0.3 is 6.18 Å². The first-order valence-corrected chi connectivity index (χ1v) is 10.2. The highest BCUT2D eigenvalue weighted by molar-refractivity contribution is 7.85. The third-order valence-electron chi connectivity index (χ3n) is 4.81. The van der Waals surface area contributed by atoms with Crippen molar-refractivity contribution in [2.45, 2.75) is 49.3 Å². The van der Waals surface area contributed by atoms with Gasteiger partial charge < -0.3 is 9.84 Å². The number of alkyl halides is 3. The van der Waals surface area contributed by atoms with Crippen molar-refractivity contribution >= 4 is 10.8 Å². The number of aliphatic hydroxyl groups is 1. The van der Waals surface area contributed by atoms with Crippen LogP contribution in [0.15, 0.2) is 47.4 Å². The maximum absolute atomic E-state index is 13.9. The molecule has 1 unspecified atom stereocenters. The molecule has 8 heteroatoms. The molecule has 0 aliphatic rings. The molecular weight excluding hydrogens is 408 g/mol. The Morgan fingerprint density at radius 1 is 1.07 bits per heavy atom. The molecule has 0 spiro atoms. The Hall–Kier alpha value is -1.93. The van der Waals surface area contributed by atoms with Crippen LogP contribution in [0.5, 0.6) is 5.75 Å². The van der Waals surface area contributed by atoms with E-state index in [0.717, 1.165) is 17.7 Å². The number of hydrogen-bond acceptors (Lipinski definition) is 3. The van der Waals surface area contributed by atoms with Crippen molar-refractivity contribution in [3.63, 3.8) is 0 Å². The fourth-order valence-electron chi connectivity index (χ4n) is 3.26. The van der Waals surface area contributed by atoms with E-state index in [2.05, 4.69) is 0 Å². The summed E-state index contributed by atoms with van der Waals surface area (Å²) in [6, 6.07) is 9.78. The van der Waals surface area contributed by atoms with Crippen molar-refractivity contribution in [1.29, 1.82) is 0 Å². The molecule has 0 aliphatic carbocycles. The number of aryl methyl sites for hydroxylation is 1. The van der Waals surface area contributed by atoms with Crippen molar-refractivity contribution < 1.29 is 31.6 Å². The Bertz CT molecular complexity index is 878. The van der Waals surface area contributed by atoms with Gasteiger partial charge in [0.15, 0.2) is 5.60 Å². The lowest BCUT2D eigenvalue weighted by atomic mass is 9.75. The Morgan fingerprint density at radius 2 is 1.66 bits per heavy atom. The number of methoxy groups -OCH3 is 1. The van der Waals surface area contributed by atoms with Gasteiger partial charge in [-0.2, -0.15) is 13.2 Å². The van der Waals surface area contributed by atoms with Crippen LogP contribution in [0.1, 0.15) is 31.4 Å². The molecule has 29 heavy (non-hydrogen) atoms. The second-order valence-electron chi connectivity index (χ2n) is 7.74. The maximum atomic E-state index is 13.9. The Kier molecular flexibility index (Phi) is 6.79.